The van der Waals surface area contributed by atoms with Gasteiger partial charge in [0.15, 0.2) is 0 Å². The van der Waals surface area contributed by atoms with E-state index >= 15 is 0 Å². The SMILES string of the molecule is CCN(C)C(=O)CNC1CC(C(C)C)C1. The highest BCUT2D eigenvalue weighted by Gasteiger charge is 2.30. The number of amides is 1. The summed E-state index contributed by atoms with van der Waals surface area (Å²) in [4.78, 5) is 13.3. The fourth-order valence-corrected chi connectivity index (χ4v) is 1.92. The maximum Gasteiger partial charge on any atom is 0.236 e. The molecule has 1 fully saturated rings. The van der Waals surface area contributed by atoms with Crippen molar-refractivity contribution < 1.29 is 4.79 Å². The second-order valence-electron chi connectivity index (χ2n) is 4.96. The van der Waals surface area contributed by atoms with E-state index in [1.165, 1.54) is 12.8 Å². The van der Waals surface area contributed by atoms with E-state index in [9.17, 15) is 4.79 Å². The molecule has 1 N–H and O–H groups in total. The lowest BCUT2D eigenvalue weighted by atomic mass is 9.74. The summed E-state index contributed by atoms with van der Waals surface area (Å²) in [6.45, 7) is 7.84. The second kappa shape index (κ2) is 5.50. The summed E-state index contributed by atoms with van der Waals surface area (Å²) in [5, 5.41) is 3.33. The molecule has 0 aromatic rings. The molecule has 1 aliphatic rings. The number of carbonyl (C=O) groups is 1. The molecule has 1 amide bonds. The maximum absolute atomic E-state index is 11.5. The maximum atomic E-state index is 11.5. The van der Waals surface area contributed by atoms with Gasteiger partial charge in [-0.05, 0) is 31.6 Å². The van der Waals surface area contributed by atoms with Crippen molar-refractivity contribution >= 4 is 5.91 Å². The number of hydrogen-bond donors (Lipinski definition) is 1. The monoisotopic (exact) mass is 212 g/mol. The lowest BCUT2D eigenvalue weighted by Crippen LogP contribution is -2.47. The molecule has 0 heterocycles. The number of carbonyl (C=O) groups excluding carboxylic acids is 1. The van der Waals surface area contributed by atoms with E-state index in [1.54, 1.807) is 4.90 Å². The van der Waals surface area contributed by atoms with Crippen LogP contribution >= 0.6 is 0 Å². The molecule has 0 saturated heterocycles. The summed E-state index contributed by atoms with van der Waals surface area (Å²) in [6.07, 6.45) is 2.47. The number of nitrogens with one attached hydrogen (secondary N) is 1. The Hall–Kier alpha value is -0.570. The lowest BCUT2D eigenvalue weighted by molar-refractivity contribution is -0.129. The molecule has 3 nitrogen and oxygen atoms in total. The molecule has 0 unspecified atom stereocenters. The van der Waals surface area contributed by atoms with Crippen molar-refractivity contribution in [3.63, 3.8) is 0 Å². The van der Waals surface area contributed by atoms with Crippen LogP contribution in [0.2, 0.25) is 0 Å². The molecule has 0 bridgehead atoms. The van der Waals surface area contributed by atoms with Crippen molar-refractivity contribution in [2.24, 2.45) is 11.8 Å². The third kappa shape index (κ3) is 3.49. The first-order valence-corrected chi connectivity index (χ1v) is 6.02. The van der Waals surface area contributed by atoms with Crippen LogP contribution in [-0.2, 0) is 4.79 Å². The third-order valence-electron chi connectivity index (χ3n) is 3.56. The summed E-state index contributed by atoms with van der Waals surface area (Å²) in [5.41, 5.74) is 0. The summed E-state index contributed by atoms with van der Waals surface area (Å²) in [7, 11) is 1.85. The highest BCUT2D eigenvalue weighted by atomic mass is 16.2. The van der Waals surface area contributed by atoms with E-state index in [0.717, 1.165) is 18.4 Å². The molecule has 3 heteroatoms. The van der Waals surface area contributed by atoms with Crippen molar-refractivity contribution in [1.29, 1.82) is 0 Å². The summed E-state index contributed by atoms with van der Waals surface area (Å²) < 4.78 is 0. The van der Waals surface area contributed by atoms with Crippen LogP contribution in [0.5, 0.6) is 0 Å². The average molecular weight is 212 g/mol. The van der Waals surface area contributed by atoms with Gasteiger partial charge in [0, 0.05) is 19.6 Å². The Kier molecular flexibility index (Phi) is 4.58. The molecular formula is C12H24N2O. The van der Waals surface area contributed by atoms with Gasteiger partial charge in [-0.2, -0.15) is 0 Å². The zero-order valence-electron chi connectivity index (χ0n) is 10.4. The van der Waals surface area contributed by atoms with Crippen LogP contribution in [0.3, 0.4) is 0 Å². The van der Waals surface area contributed by atoms with Crippen LogP contribution in [0.1, 0.15) is 33.6 Å². The number of likely N-dealkylation sites (N-methyl/N-ethyl adjacent to an activating group) is 1. The Morgan fingerprint density at radius 3 is 2.53 bits per heavy atom. The normalized spacial score (nSPS) is 25.1. The van der Waals surface area contributed by atoms with E-state index < -0.39 is 0 Å². The smallest absolute Gasteiger partial charge is 0.236 e. The summed E-state index contributed by atoms with van der Waals surface area (Å²) in [6, 6.07) is 0.576. The average Bonchev–Trinajstić information content (AvgIpc) is 2.13. The van der Waals surface area contributed by atoms with Gasteiger partial charge in [-0.15, -0.1) is 0 Å². The predicted octanol–water partition coefficient (Wildman–Crippen LogP) is 1.49. The zero-order chi connectivity index (χ0) is 11.4. The minimum atomic E-state index is 0.200. The molecule has 0 radical (unpaired) electrons. The van der Waals surface area contributed by atoms with Crippen LogP contribution in [-0.4, -0.2) is 37.0 Å². The van der Waals surface area contributed by atoms with E-state index in [-0.39, 0.29) is 5.91 Å². The number of hydrogen-bond acceptors (Lipinski definition) is 2. The third-order valence-corrected chi connectivity index (χ3v) is 3.56. The minimum Gasteiger partial charge on any atom is -0.345 e. The van der Waals surface area contributed by atoms with E-state index in [2.05, 4.69) is 19.2 Å². The molecular weight excluding hydrogens is 188 g/mol. The minimum absolute atomic E-state index is 0.200. The summed E-state index contributed by atoms with van der Waals surface area (Å²) >= 11 is 0. The quantitative estimate of drug-likeness (QED) is 0.749. The van der Waals surface area contributed by atoms with Crippen molar-refractivity contribution in [3.8, 4) is 0 Å². The standard InChI is InChI=1S/C12H24N2O/c1-5-14(4)12(15)8-13-11-6-10(7-11)9(2)3/h9-11,13H,5-8H2,1-4H3. The van der Waals surface area contributed by atoms with Crippen LogP contribution in [0.4, 0.5) is 0 Å². The molecule has 1 rings (SSSR count). The van der Waals surface area contributed by atoms with Crippen LogP contribution in [0.15, 0.2) is 0 Å². The first-order valence-electron chi connectivity index (χ1n) is 6.02. The van der Waals surface area contributed by atoms with Crippen molar-refractivity contribution in [2.45, 2.75) is 39.7 Å². The van der Waals surface area contributed by atoms with Gasteiger partial charge in [-0.25, -0.2) is 0 Å². The molecule has 0 aliphatic heterocycles. The zero-order valence-corrected chi connectivity index (χ0v) is 10.4. The van der Waals surface area contributed by atoms with Gasteiger partial charge in [0.05, 0.1) is 6.54 Å². The highest BCUT2D eigenvalue weighted by Crippen LogP contribution is 2.33. The Morgan fingerprint density at radius 1 is 1.47 bits per heavy atom. The van der Waals surface area contributed by atoms with Gasteiger partial charge in [0.2, 0.25) is 5.91 Å². The van der Waals surface area contributed by atoms with Crippen molar-refractivity contribution in [3.05, 3.63) is 0 Å². The molecule has 15 heavy (non-hydrogen) atoms. The molecule has 0 aromatic carbocycles. The first-order chi connectivity index (χ1) is 7.04. The molecule has 1 aliphatic carbocycles. The topological polar surface area (TPSA) is 32.3 Å². The van der Waals surface area contributed by atoms with Crippen molar-refractivity contribution in [1.82, 2.24) is 10.2 Å². The van der Waals surface area contributed by atoms with Crippen LogP contribution in [0.25, 0.3) is 0 Å². The Bertz CT molecular complexity index is 210. The Labute approximate surface area is 93.2 Å². The van der Waals surface area contributed by atoms with Crippen molar-refractivity contribution in [2.75, 3.05) is 20.1 Å². The summed E-state index contributed by atoms with van der Waals surface area (Å²) in [5.74, 6) is 1.85. The van der Waals surface area contributed by atoms with Crippen LogP contribution < -0.4 is 5.32 Å². The largest absolute Gasteiger partial charge is 0.345 e. The van der Waals surface area contributed by atoms with E-state index in [0.29, 0.717) is 12.6 Å². The van der Waals surface area contributed by atoms with Gasteiger partial charge in [-0.3, -0.25) is 4.79 Å². The molecule has 0 aromatic heterocycles. The van der Waals surface area contributed by atoms with Gasteiger partial charge in [0.1, 0.15) is 0 Å². The molecule has 0 atom stereocenters. The molecule has 0 spiro atoms. The fraction of sp³-hybridized carbons (Fsp3) is 0.917. The van der Waals surface area contributed by atoms with Gasteiger partial charge in [0.25, 0.3) is 0 Å². The second-order valence-corrected chi connectivity index (χ2v) is 4.96. The van der Waals surface area contributed by atoms with Gasteiger partial charge >= 0.3 is 0 Å². The Morgan fingerprint density at radius 2 is 2.07 bits per heavy atom. The van der Waals surface area contributed by atoms with E-state index in [1.807, 2.05) is 14.0 Å². The number of rotatable bonds is 5. The van der Waals surface area contributed by atoms with E-state index in [4.69, 9.17) is 0 Å². The highest BCUT2D eigenvalue weighted by molar-refractivity contribution is 5.77. The molecule has 1 saturated carbocycles. The fourth-order valence-electron chi connectivity index (χ4n) is 1.92. The lowest BCUT2D eigenvalue weighted by Gasteiger charge is -2.38. The van der Waals surface area contributed by atoms with Crippen LogP contribution in [0, 0.1) is 11.8 Å². The van der Waals surface area contributed by atoms with Gasteiger partial charge in [-0.1, -0.05) is 13.8 Å². The number of nitrogens with zero attached hydrogens (tertiary/aromatic N) is 1. The first kappa shape index (κ1) is 12.5. The predicted molar refractivity (Wildman–Crippen MR) is 62.7 cm³/mol. The Balaban J connectivity index is 2.10. The van der Waals surface area contributed by atoms with Gasteiger partial charge < -0.3 is 10.2 Å². The molecule has 88 valence electrons.